The van der Waals surface area contributed by atoms with E-state index >= 15 is 0 Å². The molecule has 0 aliphatic rings. The molecule has 1 aromatic carbocycles. The molecule has 2 heteroatoms. The Labute approximate surface area is 89.9 Å². The van der Waals surface area contributed by atoms with E-state index in [0.29, 0.717) is 11.5 Å². The van der Waals surface area contributed by atoms with Crippen LogP contribution < -0.4 is 0 Å². The van der Waals surface area contributed by atoms with E-state index in [1.54, 1.807) is 0 Å². The van der Waals surface area contributed by atoms with Gasteiger partial charge in [0.1, 0.15) is 0 Å². The summed E-state index contributed by atoms with van der Waals surface area (Å²) in [6.07, 6.45) is 4.51. The predicted octanol–water partition coefficient (Wildman–Crippen LogP) is 3.21. The highest BCUT2D eigenvalue weighted by Gasteiger charge is 2.00. The molecule has 1 aromatic rings. The highest BCUT2D eigenvalue weighted by atomic mass is 32.2. The van der Waals surface area contributed by atoms with Crippen molar-refractivity contribution >= 4 is 16.9 Å². The fourth-order valence-corrected chi connectivity index (χ4v) is 1.76. The number of thioether (sulfide) groups is 1. The number of hydrogen-bond acceptors (Lipinski definition) is 2. The molecule has 14 heavy (non-hydrogen) atoms. The van der Waals surface area contributed by atoms with Crippen LogP contribution >= 0.6 is 11.8 Å². The number of benzene rings is 1. The topological polar surface area (TPSA) is 17.1 Å². The molecule has 0 saturated heterocycles. The lowest BCUT2D eigenvalue weighted by molar-refractivity contribution is -0.111. The van der Waals surface area contributed by atoms with Crippen LogP contribution in [-0.2, 0) is 11.2 Å². The number of rotatable bonds is 4. The van der Waals surface area contributed by atoms with E-state index in [0.717, 1.165) is 12.8 Å². The average molecular weight is 208 g/mol. The molecule has 0 bridgehead atoms. The highest BCUT2D eigenvalue weighted by Crippen LogP contribution is 2.12. The quantitative estimate of drug-likeness (QED) is 0.755. The first kappa shape index (κ1) is 11.3. The molecule has 0 spiro atoms. The first-order valence-corrected chi connectivity index (χ1v) is 6.08. The van der Waals surface area contributed by atoms with Gasteiger partial charge < -0.3 is 0 Å². The summed E-state index contributed by atoms with van der Waals surface area (Å²) in [6, 6.07) is 8.36. The SMILES string of the molecule is CSC(=O)CCCc1ccccc1C. The van der Waals surface area contributed by atoms with Crippen molar-refractivity contribution in [2.75, 3.05) is 6.26 Å². The smallest absolute Gasteiger partial charge is 0.188 e. The van der Waals surface area contributed by atoms with Crippen molar-refractivity contribution in [2.24, 2.45) is 0 Å². The van der Waals surface area contributed by atoms with E-state index in [1.165, 1.54) is 22.9 Å². The molecule has 1 rings (SSSR count). The monoisotopic (exact) mass is 208 g/mol. The van der Waals surface area contributed by atoms with Gasteiger partial charge in [-0.2, -0.15) is 0 Å². The Morgan fingerprint density at radius 3 is 2.71 bits per heavy atom. The summed E-state index contributed by atoms with van der Waals surface area (Å²) in [4.78, 5) is 11.0. The van der Waals surface area contributed by atoms with Crippen molar-refractivity contribution in [2.45, 2.75) is 26.2 Å². The normalized spacial score (nSPS) is 10.1. The van der Waals surface area contributed by atoms with Crippen molar-refractivity contribution in [1.82, 2.24) is 0 Å². The van der Waals surface area contributed by atoms with Crippen molar-refractivity contribution in [3.63, 3.8) is 0 Å². The van der Waals surface area contributed by atoms with Gasteiger partial charge in [-0.25, -0.2) is 0 Å². The minimum absolute atomic E-state index is 0.290. The van der Waals surface area contributed by atoms with Crippen LogP contribution in [0.1, 0.15) is 24.0 Å². The molecule has 0 saturated carbocycles. The molecular weight excluding hydrogens is 192 g/mol. The molecule has 0 heterocycles. The minimum Gasteiger partial charge on any atom is -0.287 e. The van der Waals surface area contributed by atoms with Crippen LogP contribution in [0.4, 0.5) is 0 Å². The van der Waals surface area contributed by atoms with Gasteiger partial charge in [-0.05, 0) is 37.1 Å². The lowest BCUT2D eigenvalue weighted by Gasteiger charge is -2.03. The van der Waals surface area contributed by atoms with Crippen molar-refractivity contribution < 1.29 is 4.79 Å². The van der Waals surface area contributed by atoms with Crippen LogP contribution in [-0.4, -0.2) is 11.4 Å². The van der Waals surface area contributed by atoms with Crippen molar-refractivity contribution in [1.29, 1.82) is 0 Å². The van der Waals surface area contributed by atoms with Crippen molar-refractivity contribution in [3.05, 3.63) is 35.4 Å². The summed E-state index contributed by atoms with van der Waals surface area (Å²) < 4.78 is 0. The summed E-state index contributed by atoms with van der Waals surface area (Å²) in [5, 5.41) is 0.290. The zero-order chi connectivity index (χ0) is 10.4. The van der Waals surface area contributed by atoms with Crippen LogP contribution in [0.25, 0.3) is 0 Å². The zero-order valence-electron chi connectivity index (χ0n) is 8.75. The standard InChI is InChI=1S/C12H16OS/c1-10-6-3-4-7-11(10)8-5-9-12(13)14-2/h3-4,6-7H,5,8-9H2,1-2H3. The molecule has 0 radical (unpaired) electrons. The molecule has 0 aromatic heterocycles. The van der Waals surface area contributed by atoms with Gasteiger partial charge in [0.2, 0.25) is 0 Å². The third-order valence-corrected chi connectivity index (χ3v) is 2.98. The Morgan fingerprint density at radius 1 is 1.36 bits per heavy atom. The van der Waals surface area contributed by atoms with Crippen LogP contribution in [0.3, 0.4) is 0 Å². The summed E-state index contributed by atoms with van der Waals surface area (Å²) in [5.41, 5.74) is 2.69. The zero-order valence-corrected chi connectivity index (χ0v) is 9.56. The summed E-state index contributed by atoms with van der Waals surface area (Å²) in [5.74, 6) is 0. The van der Waals surface area contributed by atoms with Gasteiger partial charge in [0.25, 0.3) is 0 Å². The van der Waals surface area contributed by atoms with E-state index in [4.69, 9.17) is 0 Å². The third kappa shape index (κ3) is 3.54. The lowest BCUT2D eigenvalue weighted by atomic mass is 10.0. The van der Waals surface area contributed by atoms with Crippen molar-refractivity contribution in [3.8, 4) is 0 Å². The molecule has 0 N–H and O–H groups in total. The maximum absolute atomic E-state index is 11.0. The molecule has 0 amide bonds. The van der Waals surface area contributed by atoms with E-state index < -0.39 is 0 Å². The second-order valence-corrected chi connectivity index (χ2v) is 4.22. The highest BCUT2D eigenvalue weighted by molar-refractivity contribution is 8.13. The lowest BCUT2D eigenvalue weighted by Crippen LogP contribution is -1.94. The Kier molecular flexibility index (Phi) is 4.74. The molecule has 0 atom stereocenters. The maximum atomic E-state index is 11.0. The van der Waals surface area contributed by atoms with E-state index in [1.807, 2.05) is 12.3 Å². The Hall–Kier alpha value is -0.760. The molecular formula is C12H16OS. The molecule has 0 aliphatic carbocycles. The Morgan fingerprint density at radius 2 is 2.07 bits per heavy atom. The fourth-order valence-electron chi connectivity index (χ4n) is 1.42. The van der Waals surface area contributed by atoms with Crippen LogP contribution in [0.5, 0.6) is 0 Å². The van der Waals surface area contributed by atoms with Crippen LogP contribution in [0.15, 0.2) is 24.3 Å². The predicted molar refractivity (Wildman–Crippen MR) is 62.6 cm³/mol. The molecule has 76 valence electrons. The number of hydrogen-bond donors (Lipinski definition) is 0. The number of carbonyl (C=O) groups is 1. The largest absolute Gasteiger partial charge is 0.287 e. The first-order valence-electron chi connectivity index (χ1n) is 4.85. The molecule has 0 aliphatic heterocycles. The van der Waals surface area contributed by atoms with E-state index in [2.05, 4.69) is 25.1 Å². The van der Waals surface area contributed by atoms with E-state index in [9.17, 15) is 4.79 Å². The molecule has 0 unspecified atom stereocenters. The second kappa shape index (κ2) is 5.86. The van der Waals surface area contributed by atoms with Crippen LogP contribution in [0, 0.1) is 6.92 Å². The van der Waals surface area contributed by atoms with Gasteiger partial charge in [0.05, 0.1) is 0 Å². The van der Waals surface area contributed by atoms with Gasteiger partial charge in [0.15, 0.2) is 5.12 Å². The average Bonchev–Trinajstić information content (AvgIpc) is 2.20. The Balaban J connectivity index is 2.39. The van der Waals surface area contributed by atoms with Gasteiger partial charge in [-0.3, -0.25) is 4.79 Å². The first-order chi connectivity index (χ1) is 6.74. The van der Waals surface area contributed by atoms with E-state index in [-0.39, 0.29) is 0 Å². The number of aryl methyl sites for hydroxylation is 2. The maximum Gasteiger partial charge on any atom is 0.188 e. The third-order valence-electron chi connectivity index (χ3n) is 2.32. The van der Waals surface area contributed by atoms with Gasteiger partial charge >= 0.3 is 0 Å². The van der Waals surface area contributed by atoms with Crippen LogP contribution in [0.2, 0.25) is 0 Å². The minimum atomic E-state index is 0.290. The summed E-state index contributed by atoms with van der Waals surface area (Å²) in [6.45, 7) is 2.12. The van der Waals surface area contributed by atoms with Gasteiger partial charge in [0, 0.05) is 6.42 Å². The van der Waals surface area contributed by atoms with Gasteiger partial charge in [-0.1, -0.05) is 36.0 Å². The molecule has 0 fully saturated rings. The van der Waals surface area contributed by atoms with Gasteiger partial charge in [-0.15, -0.1) is 0 Å². The second-order valence-electron chi connectivity index (χ2n) is 3.36. The molecule has 1 nitrogen and oxygen atoms in total. The summed E-state index contributed by atoms with van der Waals surface area (Å²) >= 11 is 1.33. The fraction of sp³-hybridized carbons (Fsp3) is 0.417. The number of carbonyl (C=O) groups excluding carboxylic acids is 1. The Bertz CT molecular complexity index is 307. The summed E-state index contributed by atoms with van der Waals surface area (Å²) in [7, 11) is 0.